The zero-order valence-electron chi connectivity index (χ0n) is 23.9. The Hall–Kier alpha value is -4.93. The Morgan fingerprint density at radius 1 is 0.756 bits per heavy atom. The van der Waals surface area contributed by atoms with E-state index in [-0.39, 0.29) is 12.3 Å². The van der Waals surface area contributed by atoms with E-state index in [1.165, 1.54) is 0 Å². The number of esters is 1. The molecule has 2 N–H and O–H groups in total. The number of rotatable bonds is 10. The molecule has 2 atom stereocenters. The van der Waals surface area contributed by atoms with E-state index in [0.717, 1.165) is 12.1 Å². The van der Waals surface area contributed by atoms with Crippen molar-refractivity contribution in [2.75, 3.05) is 5.73 Å². The van der Waals surface area contributed by atoms with Crippen molar-refractivity contribution < 1.29 is 40.7 Å². The predicted molar refractivity (Wildman–Crippen MR) is 158 cm³/mol. The predicted octanol–water partition coefficient (Wildman–Crippen LogP) is 8.08. The van der Waals surface area contributed by atoms with Gasteiger partial charge >= 0.3 is 18.3 Å². The molecular formula is C34H28F6N2O3. The number of halogens is 6. The number of carbonyl (C=O) groups is 2. The fourth-order valence-corrected chi connectivity index (χ4v) is 4.66. The number of Topliss-reactive ketones (excluding diaryl/α,β-unsaturated/α-hetero) is 1. The van der Waals surface area contributed by atoms with Crippen molar-refractivity contribution in [3.05, 3.63) is 137 Å². The van der Waals surface area contributed by atoms with Crippen LogP contribution >= 0.6 is 0 Å². The molecule has 0 aliphatic rings. The summed E-state index contributed by atoms with van der Waals surface area (Å²) in [7, 11) is 0. The number of anilines is 1. The second-order valence-electron chi connectivity index (χ2n) is 10.5. The van der Waals surface area contributed by atoms with Gasteiger partial charge < -0.3 is 10.5 Å². The number of ether oxygens (including phenoxy) is 1. The number of carbonyl (C=O) groups excluding carboxylic acids is 2. The third-order valence-corrected chi connectivity index (χ3v) is 7.26. The van der Waals surface area contributed by atoms with Crippen LogP contribution in [0.15, 0.2) is 114 Å². The maximum atomic E-state index is 15.1. The van der Waals surface area contributed by atoms with E-state index in [1.807, 2.05) is 0 Å². The summed E-state index contributed by atoms with van der Waals surface area (Å²) in [5, 5.41) is 0. The SMILES string of the molecule is C[C@](CC(=O)c1ccc(N)c(C(F)(F)F)c1)(C(N=C(c1ccccc1)c1ccccc1)C(=O)OCc1ccccc1)C(F)(F)F. The molecule has 0 amide bonds. The van der Waals surface area contributed by atoms with Gasteiger partial charge in [0.2, 0.25) is 0 Å². The van der Waals surface area contributed by atoms with Gasteiger partial charge in [-0.1, -0.05) is 91.0 Å². The highest BCUT2D eigenvalue weighted by Crippen LogP contribution is 2.47. The average molecular weight is 627 g/mol. The molecule has 0 aliphatic heterocycles. The molecule has 0 saturated carbocycles. The van der Waals surface area contributed by atoms with Crippen LogP contribution in [-0.2, 0) is 22.3 Å². The van der Waals surface area contributed by atoms with Gasteiger partial charge in [0.1, 0.15) is 12.0 Å². The minimum absolute atomic E-state index is 0.0210. The van der Waals surface area contributed by atoms with Crippen LogP contribution in [0.2, 0.25) is 0 Å². The van der Waals surface area contributed by atoms with Crippen LogP contribution in [0.1, 0.15) is 46.0 Å². The molecule has 4 aromatic rings. The van der Waals surface area contributed by atoms with Crippen molar-refractivity contribution >= 4 is 23.2 Å². The fraction of sp³-hybridized carbons (Fsp3) is 0.206. The lowest BCUT2D eigenvalue weighted by Gasteiger charge is -2.36. The molecule has 0 aliphatic carbocycles. The van der Waals surface area contributed by atoms with Crippen molar-refractivity contribution in [3.8, 4) is 0 Å². The van der Waals surface area contributed by atoms with Gasteiger partial charge in [-0.3, -0.25) is 9.79 Å². The Kier molecular flexibility index (Phi) is 9.80. The van der Waals surface area contributed by atoms with Gasteiger partial charge in [0.15, 0.2) is 11.8 Å². The number of aliphatic imine (C=N–C) groups is 1. The number of nitrogen functional groups attached to an aromatic ring is 1. The molecule has 0 radical (unpaired) electrons. The Bertz CT molecular complexity index is 1620. The Morgan fingerprint density at radius 3 is 1.76 bits per heavy atom. The summed E-state index contributed by atoms with van der Waals surface area (Å²) < 4.78 is 91.2. The maximum Gasteiger partial charge on any atom is 0.418 e. The molecule has 0 bridgehead atoms. The van der Waals surface area contributed by atoms with Gasteiger partial charge in [-0.25, -0.2) is 4.79 Å². The van der Waals surface area contributed by atoms with Crippen molar-refractivity contribution in [2.45, 2.75) is 38.3 Å². The quantitative estimate of drug-likeness (QED) is 0.0635. The van der Waals surface area contributed by atoms with Crippen LogP contribution in [-0.4, -0.2) is 29.7 Å². The van der Waals surface area contributed by atoms with Gasteiger partial charge in [-0.2, -0.15) is 26.3 Å². The minimum atomic E-state index is -5.25. The van der Waals surface area contributed by atoms with Crippen LogP contribution in [0.3, 0.4) is 0 Å². The van der Waals surface area contributed by atoms with Gasteiger partial charge in [0.05, 0.1) is 11.3 Å². The molecule has 0 fully saturated rings. The van der Waals surface area contributed by atoms with Gasteiger partial charge in [0.25, 0.3) is 0 Å². The topological polar surface area (TPSA) is 81.8 Å². The monoisotopic (exact) mass is 626 g/mol. The van der Waals surface area contributed by atoms with E-state index in [2.05, 4.69) is 4.99 Å². The van der Waals surface area contributed by atoms with E-state index in [0.29, 0.717) is 29.7 Å². The highest BCUT2D eigenvalue weighted by molar-refractivity contribution is 6.13. The molecule has 0 aromatic heterocycles. The molecule has 45 heavy (non-hydrogen) atoms. The molecule has 0 spiro atoms. The number of hydrogen-bond donors (Lipinski definition) is 1. The average Bonchev–Trinajstić information content (AvgIpc) is 3.00. The van der Waals surface area contributed by atoms with Crippen molar-refractivity contribution in [2.24, 2.45) is 10.4 Å². The van der Waals surface area contributed by atoms with Gasteiger partial charge in [-0.05, 0) is 30.7 Å². The molecule has 0 heterocycles. The lowest BCUT2D eigenvalue weighted by molar-refractivity contribution is -0.227. The van der Waals surface area contributed by atoms with Crippen LogP contribution < -0.4 is 5.73 Å². The fourth-order valence-electron chi connectivity index (χ4n) is 4.66. The minimum Gasteiger partial charge on any atom is -0.459 e. The highest BCUT2D eigenvalue weighted by atomic mass is 19.4. The van der Waals surface area contributed by atoms with Crippen LogP contribution in [0.5, 0.6) is 0 Å². The number of nitrogens with zero attached hydrogens (tertiary/aromatic N) is 1. The summed E-state index contributed by atoms with van der Waals surface area (Å²) in [6.07, 6.45) is -11.6. The molecule has 4 rings (SSSR count). The summed E-state index contributed by atoms with van der Waals surface area (Å²) >= 11 is 0. The smallest absolute Gasteiger partial charge is 0.418 e. The van der Waals surface area contributed by atoms with Gasteiger partial charge in [-0.15, -0.1) is 0 Å². The largest absolute Gasteiger partial charge is 0.459 e. The van der Waals surface area contributed by atoms with E-state index in [1.54, 1.807) is 91.0 Å². The number of hydrogen-bond acceptors (Lipinski definition) is 5. The highest BCUT2D eigenvalue weighted by Gasteiger charge is 2.60. The third-order valence-electron chi connectivity index (χ3n) is 7.26. The van der Waals surface area contributed by atoms with E-state index in [9.17, 15) is 22.8 Å². The second-order valence-corrected chi connectivity index (χ2v) is 10.5. The van der Waals surface area contributed by atoms with Gasteiger partial charge in [0, 0.05) is 28.8 Å². The van der Waals surface area contributed by atoms with Crippen LogP contribution in [0.25, 0.3) is 0 Å². The van der Waals surface area contributed by atoms with E-state index < -0.39 is 58.8 Å². The zero-order valence-corrected chi connectivity index (χ0v) is 23.9. The lowest BCUT2D eigenvalue weighted by atomic mass is 9.75. The molecule has 5 nitrogen and oxygen atoms in total. The summed E-state index contributed by atoms with van der Waals surface area (Å²) in [6, 6.07) is 24.4. The summed E-state index contributed by atoms with van der Waals surface area (Å²) in [5.41, 5.74) is 0.765. The number of ketones is 1. The van der Waals surface area contributed by atoms with E-state index in [4.69, 9.17) is 10.5 Å². The molecule has 0 saturated heterocycles. The maximum absolute atomic E-state index is 15.1. The molecule has 234 valence electrons. The molecule has 1 unspecified atom stereocenters. The summed E-state index contributed by atoms with van der Waals surface area (Å²) in [4.78, 5) is 31.3. The van der Waals surface area contributed by atoms with Crippen molar-refractivity contribution in [3.63, 3.8) is 0 Å². The summed E-state index contributed by atoms with van der Waals surface area (Å²) in [6.45, 7) is 0.255. The zero-order chi connectivity index (χ0) is 32.8. The molecule has 4 aromatic carbocycles. The van der Waals surface area contributed by atoms with Crippen molar-refractivity contribution in [1.29, 1.82) is 0 Å². The standard InChI is InChI=1S/C34H28F6N2O3/c1-32(34(38,39)40,20-28(43)25-17-18-27(41)26(19-25)33(35,36)37)30(31(44)45-21-22-11-5-2-6-12-22)42-29(23-13-7-3-8-14-23)24-15-9-4-10-16-24/h2-19,30H,20-21,41H2,1H3/t30?,32-/m0/s1. The lowest BCUT2D eigenvalue weighted by Crippen LogP contribution is -2.50. The molecular weight excluding hydrogens is 598 g/mol. The molecule has 11 heteroatoms. The second kappa shape index (κ2) is 13.4. The number of benzene rings is 4. The Morgan fingerprint density at radius 2 is 1.27 bits per heavy atom. The first kappa shape index (κ1) is 33.0. The first-order valence-corrected chi connectivity index (χ1v) is 13.7. The first-order valence-electron chi connectivity index (χ1n) is 13.7. The third kappa shape index (κ3) is 7.78. The first-order chi connectivity index (χ1) is 21.2. The van der Waals surface area contributed by atoms with Crippen LogP contribution in [0.4, 0.5) is 32.0 Å². The Labute approximate surface area is 255 Å². The Balaban J connectivity index is 1.86. The van der Waals surface area contributed by atoms with Crippen molar-refractivity contribution in [1.82, 2.24) is 0 Å². The van der Waals surface area contributed by atoms with Crippen LogP contribution in [0, 0.1) is 5.41 Å². The summed E-state index contributed by atoms with van der Waals surface area (Å²) in [5.74, 6) is -2.67. The number of alkyl halides is 6. The number of nitrogens with two attached hydrogens (primary N) is 1. The normalized spacial score (nSPS) is 13.8. The van der Waals surface area contributed by atoms with E-state index >= 15 is 13.2 Å².